The molecule has 2 aliphatic heterocycles. The highest BCUT2D eigenvalue weighted by molar-refractivity contribution is 7.71. The van der Waals surface area contributed by atoms with Gasteiger partial charge in [0.05, 0.1) is 11.4 Å². The highest BCUT2D eigenvalue weighted by Gasteiger charge is 2.64. The highest BCUT2D eigenvalue weighted by atomic mass is 35.5. The Balaban J connectivity index is 1.45. The quantitative estimate of drug-likeness (QED) is 0.566. The smallest absolute Gasteiger partial charge is 0.226 e. The molecular weight excluding hydrogens is 432 g/mol. The van der Waals surface area contributed by atoms with E-state index in [0.29, 0.717) is 31.0 Å². The molecule has 30 heavy (non-hydrogen) atoms. The molecule has 2 aromatic rings. The number of hydrogen-bond donors (Lipinski definition) is 1. The molecule has 2 fully saturated rings. The Hall–Kier alpha value is -1.77. The van der Waals surface area contributed by atoms with Gasteiger partial charge in [-0.1, -0.05) is 11.6 Å². The van der Waals surface area contributed by atoms with E-state index in [2.05, 4.69) is 5.32 Å². The lowest BCUT2D eigenvalue weighted by atomic mass is 9.92. The Kier molecular flexibility index (Phi) is 4.79. The summed E-state index contributed by atoms with van der Waals surface area (Å²) in [6.45, 7) is 1.70. The van der Waals surface area contributed by atoms with Crippen LogP contribution in [0.2, 0.25) is 5.02 Å². The van der Waals surface area contributed by atoms with Gasteiger partial charge in [0.2, 0.25) is 5.91 Å². The molecule has 1 aromatic carbocycles. The van der Waals surface area contributed by atoms with E-state index in [1.165, 1.54) is 12.1 Å². The van der Waals surface area contributed by atoms with Crippen molar-refractivity contribution in [1.82, 2.24) is 14.5 Å². The molecule has 1 amide bonds. The van der Waals surface area contributed by atoms with Crippen LogP contribution in [0.4, 0.5) is 8.78 Å². The molecule has 1 saturated heterocycles. The minimum absolute atomic E-state index is 0.0401. The number of amides is 1. The van der Waals surface area contributed by atoms with Crippen molar-refractivity contribution in [3.63, 3.8) is 0 Å². The molecule has 1 N–H and O–H groups in total. The van der Waals surface area contributed by atoms with Gasteiger partial charge in [0.15, 0.2) is 4.77 Å². The van der Waals surface area contributed by atoms with E-state index < -0.39 is 17.0 Å². The molecule has 3 heterocycles. The number of benzene rings is 1. The van der Waals surface area contributed by atoms with Crippen LogP contribution in [-0.4, -0.2) is 34.3 Å². The molecule has 1 saturated carbocycles. The van der Waals surface area contributed by atoms with E-state index in [-0.39, 0.29) is 34.9 Å². The van der Waals surface area contributed by atoms with Crippen molar-refractivity contribution in [2.45, 2.75) is 49.6 Å². The molecule has 160 valence electrons. The molecule has 1 aromatic heterocycles. The summed E-state index contributed by atoms with van der Waals surface area (Å²) in [5.41, 5.74) is 1.10. The lowest BCUT2D eigenvalue weighted by Crippen LogP contribution is -2.39. The Morgan fingerprint density at radius 1 is 1.37 bits per heavy atom. The number of imidazole rings is 1. The number of carbonyl (C=O) groups is 1. The fraction of sp³-hybridized carbons (Fsp3) is 0.524. The molecule has 0 unspecified atom stereocenters. The summed E-state index contributed by atoms with van der Waals surface area (Å²) in [6.07, 6.45) is 2.41. The number of aromatic nitrogens is 2. The lowest BCUT2D eigenvalue weighted by molar-refractivity contribution is -0.121. The van der Waals surface area contributed by atoms with E-state index in [1.54, 1.807) is 0 Å². The van der Waals surface area contributed by atoms with Gasteiger partial charge >= 0.3 is 0 Å². The Bertz CT molecular complexity index is 1110. The maximum atomic E-state index is 14.8. The summed E-state index contributed by atoms with van der Waals surface area (Å²) >= 11 is 11.5. The summed E-state index contributed by atoms with van der Waals surface area (Å²) in [5.74, 6) is -1.42. The van der Waals surface area contributed by atoms with E-state index in [1.807, 2.05) is 16.2 Å². The number of ether oxygens (including phenoxy) is 1. The van der Waals surface area contributed by atoms with Gasteiger partial charge < -0.3 is 19.2 Å². The van der Waals surface area contributed by atoms with Gasteiger partial charge in [-0.25, -0.2) is 8.78 Å². The van der Waals surface area contributed by atoms with Crippen LogP contribution < -0.4 is 5.32 Å². The van der Waals surface area contributed by atoms with Crippen molar-refractivity contribution < 1.29 is 18.3 Å². The van der Waals surface area contributed by atoms with Gasteiger partial charge in [-0.05, 0) is 43.6 Å². The van der Waals surface area contributed by atoms with Gasteiger partial charge in [-0.3, -0.25) is 4.79 Å². The second-order valence-electron chi connectivity index (χ2n) is 8.52. The molecule has 0 spiro atoms. The Morgan fingerprint density at radius 3 is 2.83 bits per heavy atom. The fourth-order valence-electron chi connectivity index (χ4n) is 5.21. The van der Waals surface area contributed by atoms with Crippen molar-refractivity contribution >= 4 is 29.7 Å². The van der Waals surface area contributed by atoms with Crippen LogP contribution in [-0.2, 0) is 35.0 Å². The van der Waals surface area contributed by atoms with Crippen molar-refractivity contribution in [1.29, 1.82) is 0 Å². The summed E-state index contributed by atoms with van der Waals surface area (Å²) < 4.78 is 39.1. The summed E-state index contributed by atoms with van der Waals surface area (Å²) in [7, 11) is 1.84. The summed E-state index contributed by atoms with van der Waals surface area (Å²) in [6, 6.07) is 2.57. The monoisotopic (exact) mass is 453 g/mol. The van der Waals surface area contributed by atoms with Crippen LogP contribution >= 0.6 is 23.8 Å². The van der Waals surface area contributed by atoms with Crippen LogP contribution in [0.1, 0.15) is 42.1 Å². The molecule has 3 aliphatic rings. The topological polar surface area (TPSA) is 48.2 Å². The van der Waals surface area contributed by atoms with Gasteiger partial charge in [-0.2, -0.15) is 0 Å². The first-order valence-electron chi connectivity index (χ1n) is 10.1. The standard InChI is InChI=1S/C21H22ClF2N3O2S/c1-26-15(8-16(28)25-11-4-6-29-7-5-11)19-12-9-21(12,10-27(19)20(26)30)17-14(23)3-2-13(22)18(17)24/h2-3,11-12H,4-10H2,1H3,(H,25,28)/t12-,21-/m0/s1. The van der Waals surface area contributed by atoms with Crippen LogP contribution in [0, 0.1) is 16.4 Å². The number of carbonyl (C=O) groups excluding carboxylic acids is 1. The molecule has 5 rings (SSSR count). The van der Waals surface area contributed by atoms with Crippen LogP contribution in [0.25, 0.3) is 0 Å². The second-order valence-corrected chi connectivity index (χ2v) is 9.29. The van der Waals surface area contributed by atoms with E-state index in [4.69, 9.17) is 28.6 Å². The molecule has 0 bridgehead atoms. The van der Waals surface area contributed by atoms with Crippen molar-refractivity contribution in [3.8, 4) is 0 Å². The maximum absolute atomic E-state index is 14.8. The second kappa shape index (κ2) is 7.14. The van der Waals surface area contributed by atoms with Gasteiger partial charge in [0.25, 0.3) is 0 Å². The SMILES string of the molecule is Cn1c(CC(=O)NC2CCOCC2)c2n(c1=S)C[C@@]1(c3c(F)ccc(Cl)c3F)C[C@@H]21. The van der Waals surface area contributed by atoms with Gasteiger partial charge in [0.1, 0.15) is 11.6 Å². The molecule has 5 nitrogen and oxygen atoms in total. The maximum Gasteiger partial charge on any atom is 0.226 e. The first kappa shape index (κ1) is 20.2. The number of rotatable bonds is 4. The molecule has 0 radical (unpaired) electrons. The third-order valence-electron chi connectivity index (χ3n) is 6.81. The minimum Gasteiger partial charge on any atom is -0.381 e. The fourth-order valence-corrected chi connectivity index (χ4v) is 5.64. The summed E-state index contributed by atoms with van der Waals surface area (Å²) in [5, 5.41) is 3.00. The zero-order valence-electron chi connectivity index (χ0n) is 16.5. The first-order valence-corrected chi connectivity index (χ1v) is 10.9. The number of nitrogens with one attached hydrogen (secondary N) is 1. The zero-order valence-corrected chi connectivity index (χ0v) is 18.1. The Labute approximate surface area is 183 Å². The average Bonchev–Trinajstić information content (AvgIpc) is 3.27. The third-order valence-corrected chi connectivity index (χ3v) is 7.60. The normalized spacial score (nSPS) is 25.1. The Morgan fingerprint density at radius 2 is 2.10 bits per heavy atom. The predicted octanol–water partition coefficient (Wildman–Crippen LogP) is 3.76. The zero-order chi connectivity index (χ0) is 21.2. The minimum atomic E-state index is -0.695. The third kappa shape index (κ3) is 2.95. The highest BCUT2D eigenvalue weighted by Crippen LogP contribution is 2.67. The summed E-state index contributed by atoms with van der Waals surface area (Å²) in [4.78, 5) is 12.7. The average molecular weight is 454 g/mol. The van der Waals surface area contributed by atoms with Crippen molar-refractivity contribution in [3.05, 3.63) is 50.5 Å². The van der Waals surface area contributed by atoms with Crippen LogP contribution in [0.5, 0.6) is 0 Å². The first-order chi connectivity index (χ1) is 14.3. The number of fused-ring (bicyclic) bond motifs is 3. The van der Waals surface area contributed by atoms with Crippen molar-refractivity contribution in [2.24, 2.45) is 7.05 Å². The number of hydrogen-bond acceptors (Lipinski definition) is 3. The van der Waals surface area contributed by atoms with E-state index in [9.17, 15) is 13.6 Å². The van der Waals surface area contributed by atoms with E-state index >= 15 is 0 Å². The van der Waals surface area contributed by atoms with Crippen LogP contribution in [0.15, 0.2) is 12.1 Å². The lowest BCUT2D eigenvalue weighted by Gasteiger charge is -2.23. The molecule has 9 heteroatoms. The number of halogens is 3. The van der Waals surface area contributed by atoms with Crippen LogP contribution in [0.3, 0.4) is 0 Å². The van der Waals surface area contributed by atoms with Gasteiger partial charge in [-0.15, -0.1) is 0 Å². The van der Waals surface area contributed by atoms with E-state index in [0.717, 1.165) is 24.2 Å². The largest absolute Gasteiger partial charge is 0.381 e. The molecule has 1 aliphatic carbocycles. The molecule has 2 atom stereocenters. The van der Waals surface area contributed by atoms with Gasteiger partial charge in [0, 0.05) is 61.1 Å². The number of nitrogens with zero attached hydrogens (tertiary/aromatic N) is 2. The molecular formula is C21H22ClF2N3O2S. The predicted molar refractivity (Wildman–Crippen MR) is 110 cm³/mol. The van der Waals surface area contributed by atoms with Crippen molar-refractivity contribution in [2.75, 3.05) is 13.2 Å².